The van der Waals surface area contributed by atoms with Gasteiger partial charge >= 0.3 is 0 Å². The summed E-state index contributed by atoms with van der Waals surface area (Å²) < 4.78 is 0. The van der Waals surface area contributed by atoms with E-state index in [-0.39, 0.29) is 53.4 Å². The van der Waals surface area contributed by atoms with Crippen LogP contribution in [0.25, 0.3) is 0 Å². The number of hydrogen-bond acceptors (Lipinski definition) is 7. The molecule has 9 nitrogen and oxygen atoms in total. The number of amidine groups is 1. The van der Waals surface area contributed by atoms with Crippen molar-refractivity contribution in [3.05, 3.63) is 83.1 Å². The molecule has 1 aliphatic heterocycles. The van der Waals surface area contributed by atoms with E-state index in [0.717, 1.165) is 27.9 Å². The molecule has 2 aromatic heterocycles. The number of aromatic nitrogens is 5. The highest BCUT2D eigenvalue weighted by molar-refractivity contribution is 7.15. The van der Waals surface area contributed by atoms with Crippen molar-refractivity contribution in [3.63, 3.8) is 0 Å². The highest BCUT2D eigenvalue weighted by Crippen LogP contribution is 2.28. The quantitative estimate of drug-likeness (QED) is 0.170. The summed E-state index contributed by atoms with van der Waals surface area (Å²) in [6.07, 6.45) is 1.53. The summed E-state index contributed by atoms with van der Waals surface area (Å²) in [7, 11) is 0. The minimum Gasteiger partial charge on any atom is -1.00 e. The fourth-order valence-electron chi connectivity index (χ4n) is 2.67. The zero-order valence-electron chi connectivity index (χ0n) is 17.2. The van der Waals surface area contributed by atoms with Crippen LogP contribution in [0, 0.1) is 13.8 Å². The highest BCUT2D eigenvalue weighted by atomic mass is 127. The molecule has 32 heavy (non-hydrogen) atoms. The number of hydrazine groups is 1. The number of nitrogens with one attached hydrogen (secondary N) is 2. The molecular weight excluding hydrogens is 629 g/mol. The molecule has 0 spiro atoms. The van der Waals surface area contributed by atoms with Gasteiger partial charge in [0.1, 0.15) is 10.9 Å². The lowest BCUT2D eigenvalue weighted by Crippen LogP contribution is -3.00. The van der Waals surface area contributed by atoms with Crippen LogP contribution in [0.5, 0.6) is 0 Å². The molecule has 0 saturated heterocycles. The number of quaternary nitrogens is 1. The number of hydrazone groups is 1. The SMILES string of the molecule is Cc1nc(N2N=C(c3ccccc3)[NH2+]N2c2ccccc2)sc1C.[Br-].[Cl-].[I-].c1[nH]nn[nH+]1. The van der Waals surface area contributed by atoms with Crippen LogP contribution in [-0.2, 0) is 0 Å². The van der Waals surface area contributed by atoms with E-state index in [2.05, 4.69) is 62.2 Å². The number of nitrogens with two attached hydrogens (primary N) is 1. The lowest BCUT2D eigenvalue weighted by molar-refractivity contribution is -0.545. The minimum atomic E-state index is 0. The van der Waals surface area contributed by atoms with Gasteiger partial charge in [0.25, 0.3) is 5.84 Å². The first kappa shape index (κ1) is 27.9. The van der Waals surface area contributed by atoms with Crippen LogP contribution in [-0.4, -0.2) is 26.3 Å². The summed E-state index contributed by atoms with van der Waals surface area (Å²) in [5, 5.41) is 21.1. The van der Waals surface area contributed by atoms with Crippen molar-refractivity contribution in [1.29, 1.82) is 0 Å². The summed E-state index contributed by atoms with van der Waals surface area (Å²) in [5.41, 5.74) is 5.24. The smallest absolute Gasteiger partial charge is 0.277 e. The molecule has 0 amide bonds. The molecule has 0 atom stereocenters. The number of halogens is 3. The maximum Gasteiger partial charge on any atom is 0.277 e. The van der Waals surface area contributed by atoms with E-state index in [1.54, 1.807) is 11.3 Å². The Bertz CT molecular complexity index is 1040. The van der Waals surface area contributed by atoms with E-state index in [1.807, 2.05) is 53.6 Å². The fourth-order valence-corrected chi connectivity index (χ4v) is 3.53. The normalized spacial score (nSPS) is 11.9. The van der Waals surface area contributed by atoms with Crippen molar-refractivity contribution >= 4 is 28.0 Å². The standard InChI is InChI=1S/C18H17N5S.CH2N4.BrH.ClH.HI/c1-13-14(2)24-18(19-13)23-21-17(15-9-5-3-6-10-15)20-22(23)16-11-7-4-8-12-16;1-2-4-5-3-1;;;/h3-12H,1-2H3,(H,20,21);1H,(H,2,3,4,5);3*1H/p-1. The molecule has 170 valence electrons. The summed E-state index contributed by atoms with van der Waals surface area (Å²) >= 11 is 1.65. The first-order valence-electron chi connectivity index (χ1n) is 9.02. The van der Waals surface area contributed by atoms with Crippen molar-refractivity contribution in [3.8, 4) is 0 Å². The number of para-hydroxylation sites is 1. The van der Waals surface area contributed by atoms with Gasteiger partial charge in [-0.25, -0.2) is 4.98 Å². The molecule has 0 radical (unpaired) electrons. The van der Waals surface area contributed by atoms with Gasteiger partial charge in [-0.2, -0.15) is 10.5 Å². The minimum absolute atomic E-state index is 0. The van der Waals surface area contributed by atoms with Gasteiger partial charge in [0.15, 0.2) is 5.21 Å². The zero-order valence-corrected chi connectivity index (χ0v) is 22.5. The molecule has 0 aliphatic carbocycles. The lowest BCUT2D eigenvalue weighted by Gasteiger charge is -2.21. The molecule has 1 aliphatic rings. The van der Waals surface area contributed by atoms with Gasteiger partial charge in [0.2, 0.25) is 11.5 Å². The number of rotatable bonds is 3. The first-order chi connectivity index (χ1) is 14.2. The highest BCUT2D eigenvalue weighted by Gasteiger charge is 2.33. The van der Waals surface area contributed by atoms with Gasteiger partial charge < -0.3 is 53.4 Å². The van der Waals surface area contributed by atoms with E-state index >= 15 is 0 Å². The second-order valence-corrected chi connectivity index (χ2v) is 7.37. The van der Waals surface area contributed by atoms with E-state index in [1.165, 1.54) is 11.2 Å². The second-order valence-electron chi connectivity index (χ2n) is 6.19. The van der Waals surface area contributed by atoms with Crippen LogP contribution in [0.1, 0.15) is 16.1 Å². The molecule has 0 bridgehead atoms. The third kappa shape index (κ3) is 6.68. The van der Waals surface area contributed by atoms with Gasteiger partial charge in [-0.05, 0) is 38.1 Å². The molecule has 4 N–H and O–H groups in total. The van der Waals surface area contributed by atoms with E-state index in [4.69, 9.17) is 5.10 Å². The van der Waals surface area contributed by atoms with Gasteiger partial charge in [0, 0.05) is 4.88 Å². The number of benzene rings is 2. The Morgan fingerprint density at radius 1 is 1.00 bits per heavy atom. The summed E-state index contributed by atoms with van der Waals surface area (Å²) in [6.45, 7) is 4.12. The van der Waals surface area contributed by atoms with E-state index in [9.17, 15) is 0 Å². The van der Waals surface area contributed by atoms with Crippen LogP contribution in [0.4, 0.5) is 10.8 Å². The van der Waals surface area contributed by atoms with Gasteiger partial charge in [-0.1, -0.05) is 58.0 Å². The number of H-pyrrole nitrogens is 2. The molecule has 3 heterocycles. The summed E-state index contributed by atoms with van der Waals surface area (Å²) in [4.78, 5) is 5.88. The van der Waals surface area contributed by atoms with E-state index < -0.39 is 0 Å². The number of tetrazole rings is 1. The Kier molecular flexibility index (Phi) is 11.7. The second kappa shape index (κ2) is 13.4. The molecule has 2 aromatic carbocycles. The third-order valence-corrected chi connectivity index (χ3v) is 5.26. The molecule has 0 saturated carbocycles. The van der Waals surface area contributed by atoms with E-state index in [0.29, 0.717) is 0 Å². The van der Waals surface area contributed by atoms with Crippen LogP contribution in [0.3, 0.4) is 0 Å². The molecular formula is C19H21BrClIN9S-. The number of aryl methyl sites for hydroxylation is 2. The van der Waals surface area contributed by atoms with Crippen molar-refractivity contribution in [2.75, 3.05) is 10.2 Å². The average Bonchev–Trinajstić information content (AvgIpc) is 3.52. The summed E-state index contributed by atoms with van der Waals surface area (Å²) in [6, 6.07) is 20.4. The maximum absolute atomic E-state index is 4.81. The molecule has 0 unspecified atom stereocenters. The Balaban J connectivity index is 0.000000570. The largest absolute Gasteiger partial charge is 1.00 e. The number of anilines is 2. The average molecular weight is 650 g/mol. The van der Waals surface area contributed by atoms with Gasteiger partial charge in [-0.15, -0.1) is 10.2 Å². The van der Waals surface area contributed by atoms with Crippen molar-refractivity contribution < 1.29 is 63.9 Å². The van der Waals surface area contributed by atoms with Crippen LogP contribution in [0.15, 0.2) is 72.1 Å². The molecule has 0 fully saturated rings. The topological polar surface area (TPSA) is 104 Å². The number of hydrogen-bond donors (Lipinski definition) is 2. The van der Waals surface area contributed by atoms with Crippen LogP contribution >= 0.6 is 11.3 Å². The lowest BCUT2D eigenvalue weighted by atomic mass is 10.2. The van der Waals surface area contributed by atoms with Crippen molar-refractivity contribution in [2.24, 2.45) is 5.10 Å². The van der Waals surface area contributed by atoms with Crippen molar-refractivity contribution in [2.45, 2.75) is 13.8 Å². The number of thiazole rings is 1. The fraction of sp³-hybridized carbons (Fsp3) is 0.105. The molecule has 5 rings (SSSR count). The predicted molar refractivity (Wildman–Crippen MR) is 111 cm³/mol. The Morgan fingerprint density at radius 3 is 2.16 bits per heavy atom. The Labute approximate surface area is 223 Å². The maximum atomic E-state index is 4.81. The van der Waals surface area contributed by atoms with Gasteiger partial charge in [0.05, 0.1) is 11.3 Å². The Morgan fingerprint density at radius 2 is 1.66 bits per heavy atom. The van der Waals surface area contributed by atoms with Crippen molar-refractivity contribution in [1.82, 2.24) is 20.5 Å². The molecule has 13 heteroatoms. The predicted octanol–water partition coefficient (Wildman–Crippen LogP) is -7.53. The number of nitrogens with zero attached hydrogens (tertiary/aromatic N) is 6. The molecule has 4 aromatic rings. The number of aromatic amines is 2. The van der Waals surface area contributed by atoms with Crippen LogP contribution < -0.4 is 74.1 Å². The third-order valence-electron chi connectivity index (χ3n) is 4.22. The summed E-state index contributed by atoms with van der Waals surface area (Å²) in [5.74, 6) is 0.921. The van der Waals surface area contributed by atoms with Crippen LogP contribution in [0.2, 0.25) is 0 Å². The zero-order chi connectivity index (χ0) is 20.1. The van der Waals surface area contributed by atoms with Gasteiger partial charge in [-0.3, -0.25) is 0 Å². The monoisotopic (exact) mass is 648 g/mol. The Hall–Kier alpha value is -2.13. The first-order valence-corrected chi connectivity index (χ1v) is 9.84.